The van der Waals surface area contributed by atoms with Crippen LogP contribution in [0.5, 0.6) is 0 Å². The number of fused-ring (bicyclic) bond motifs is 2. The molecule has 0 unspecified atom stereocenters. The highest BCUT2D eigenvalue weighted by atomic mass is 15.1. The Morgan fingerprint density at radius 2 is 1.63 bits per heavy atom. The van der Waals surface area contributed by atoms with Crippen molar-refractivity contribution in [1.29, 1.82) is 0 Å². The number of aryl methyl sites for hydroxylation is 1. The third-order valence-corrected chi connectivity index (χ3v) is 5.28. The molecular weight excluding hydrogens is 326 g/mol. The Morgan fingerprint density at radius 1 is 0.852 bits per heavy atom. The van der Waals surface area contributed by atoms with E-state index in [9.17, 15) is 0 Å². The van der Waals surface area contributed by atoms with E-state index in [0.717, 1.165) is 13.0 Å². The van der Waals surface area contributed by atoms with Gasteiger partial charge in [0.15, 0.2) is 0 Å². The van der Waals surface area contributed by atoms with Gasteiger partial charge in [-0.15, -0.1) is 0 Å². The maximum atomic E-state index is 2.29. The minimum atomic E-state index is 0.979. The van der Waals surface area contributed by atoms with Gasteiger partial charge in [0, 0.05) is 24.0 Å². The molecule has 1 aliphatic rings. The van der Waals surface area contributed by atoms with Crippen molar-refractivity contribution < 1.29 is 0 Å². The lowest BCUT2D eigenvalue weighted by Gasteiger charge is -2.26. The predicted molar refractivity (Wildman–Crippen MR) is 119 cm³/mol. The first-order valence-corrected chi connectivity index (χ1v) is 9.75. The molecule has 27 heavy (non-hydrogen) atoms. The Morgan fingerprint density at radius 3 is 2.44 bits per heavy atom. The Bertz CT molecular complexity index is 1050. The predicted octanol–water partition coefficient (Wildman–Crippen LogP) is 6.85. The van der Waals surface area contributed by atoms with Gasteiger partial charge in [0.25, 0.3) is 0 Å². The summed E-state index contributed by atoms with van der Waals surface area (Å²) in [6.45, 7) is 5.38. The molecule has 0 bridgehead atoms. The fourth-order valence-electron chi connectivity index (χ4n) is 3.82. The monoisotopic (exact) mass is 351 g/mol. The Kier molecular flexibility index (Phi) is 4.93. The molecule has 0 aliphatic carbocycles. The standard InChI is InChI=1S/C26H25N/c1-3-20-16-17-21(24-13-6-5-12-23(20)24)10-9-11-22-18-19-27(4-2)26-15-8-7-14-25(22)26/h5-19H,3-4H2,1-2H3. The lowest BCUT2D eigenvalue weighted by molar-refractivity contribution is 1.01. The number of nitrogens with zero attached hydrogens (tertiary/aromatic N) is 1. The van der Waals surface area contributed by atoms with Gasteiger partial charge in [0.05, 0.1) is 0 Å². The molecular formula is C26H25N. The minimum absolute atomic E-state index is 0.979. The van der Waals surface area contributed by atoms with Crippen LogP contribution in [0.3, 0.4) is 0 Å². The number of anilines is 1. The summed E-state index contributed by atoms with van der Waals surface area (Å²) >= 11 is 0. The fraction of sp³-hybridized carbons (Fsp3) is 0.154. The van der Waals surface area contributed by atoms with E-state index in [4.69, 9.17) is 0 Å². The molecule has 0 spiro atoms. The molecule has 3 aromatic rings. The third-order valence-electron chi connectivity index (χ3n) is 5.28. The second-order valence-electron chi connectivity index (χ2n) is 6.81. The van der Waals surface area contributed by atoms with Gasteiger partial charge in [-0.05, 0) is 53.0 Å². The molecule has 1 aliphatic heterocycles. The molecule has 4 rings (SSSR count). The molecule has 0 N–H and O–H groups in total. The van der Waals surface area contributed by atoms with E-state index in [1.54, 1.807) is 0 Å². The molecule has 0 saturated carbocycles. The number of hydrogen-bond acceptors (Lipinski definition) is 1. The lowest BCUT2D eigenvalue weighted by Crippen LogP contribution is -2.18. The smallest absolute Gasteiger partial charge is 0.0485 e. The fourth-order valence-corrected chi connectivity index (χ4v) is 3.82. The second kappa shape index (κ2) is 7.67. The summed E-state index contributed by atoms with van der Waals surface area (Å²) in [4.78, 5) is 2.29. The zero-order valence-corrected chi connectivity index (χ0v) is 16.0. The minimum Gasteiger partial charge on any atom is -0.348 e. The van der Waals surface area contributed by atoms with E-state index in [1.165, 1.54) is 38.7 Å². The van der Waals surface area contributed by atoms with Crippen LogP contribution in [0.1, 0.15) is 30.5 Å². The van der Waals surface area contributed by atoms with Gasteiger partial charge in [-0.2, -0.15) is 0 Å². The highest BCUT2D eigenvalue weighted by Gasteiger charge is 2.13. The molecule has 1 nitrogen and oxygen atoms in total. The van der Waals surface area contributed by atoms with E-state index in [0.29, 0.717) is 0 Å². The Labute approximate surface area is 162 Å². The van der Waals surface area contributed by atoms with Crippen LogP contribution in [0.4, 0.5) is 5.69 Å². The van der Waals surface area contributed by atoms with Gasteiger partial charge in [-0.25, -0.2) is 0 Å². The van der Waals surface area contributed by atoms with E-state index in [-0.39, 0.29) is 0 Å². The first-order chi connectivity index (χ1) is 13.3. The van der Waals surface area contributed by atoms with Gasteiger partial charge >= 0.3 is 0 Å². The second-order valence-corrected chi connectivity index (χ2v) is 6.81. The lowest BCUT2D eigenvalue weighted by atomic mass is 9.97. The number of allylic oxidation sites excluding steroid dienone is 4. The van der Waals surface area contributed by atoms with Gasteiger partial charge in [0.1, 0.15) is 0 Å². The zero-order valence-electron chi connectivity index (χ0n) is 16.0. The van der Waals surface area contributed by atoms with Crippen LogP contribution in [-0.2, 0) is 6.42 Å². The van der Waals surface area contributed by atoms with Crippen LogP contribution >= 0.6 is 0 Å². The van der Waals surface area contributed by atoms with E-state index >= 15 is 0 Å². The summed E-state index contributed by atoms with van der Waals surface area (Å²) in [5, 5.41) is 2.68. The molecule has 3 aromatic carbocycles. The van der Waals surface area contributed by atoms with Gasteiger partial charge in [-0.3, -0.25) is 0 Å². The van der Waals surface area contributed by atoms with Gasteiger partial charge < -0.3 is 4.90 Å². The van der Waals surface area contributed by atoms with E-state index in [2.05, 4.69) is 110 Å². The number of rotatable bonds is 4. The summed E-state index contributed by atoms with van der Waals surface area (Å²) in [5.74, 6) is 0. The average Bonchev–Trinajstić information content (AvgIpc) is 2.74. The van der Waals surface area contributed by atoms with Crippen LogP contribution < -0.4 is 4.90 Å². The number of hydrogen-bond donors (Lipinski definition) is 0. The first kappa shape index (κ1) is 17.4. The van der Waals surface area contributed by atoms with E-state index in [1.807, 2.05) is 0 Å². The average molecular weight is 351 g/mol. The molecule has 0 radical (unpaired) electrons. The number of benzene rings is 3. The molecule has 0 saturated heterocycles. The number of para-hydroxylation sites is 1. The summed E-state index contributed by atoms with van der Waals surface area (Å²) in [5.41, 5.74) is 6.49. The van der Waals surface area contributed by atoms with Crippen LogP contribution in [0.2, 0.25) is 0 Å². The van der Waals surface area contributed by atoms with Crippen LogP contribution in [0, 0.1) is 0 Å². The molecule has 0 amide bonds. The van der Waals surface area contributed by atoms with Crippen molar-refractivity contribution in [2.24, 2.45) is 0 Å². The Balaban J connectivity index is 1.70. The maximum absolute atomic E-state index is 2.29. The van der Waals surface area contributed by atoms with Crippen molar-refractivity contribution in [2.75, 3.05) is 11.4 Å². The van der Waals surface area contributed by atoms with Crippen molar-refractivity contribution in [3.8, 4) is 0 Å². The summed E-state index contributed by atoms with van der Waals surface area (Å²) in [7, 11) is 0. The van der Waals surface area contributed by atoms with Crippen molar-refractivity contribution >= 4 is 28.1 Å². The van der Waals surface area contributed by atoms with Crippen molar-refractivity contribution in [3.05, 3.63) is 102 Å². The van der Waals surface area contributed by atoms with Crippen LogP contribution in [-0.4, -0.2) is 6.54 Å². The van der Waals surface area contributed by atoms with Crippen molar-refractivity contribution in [3.63, 3.8) is 0 Å². The van der Waals surface area contributed by atoms with Crippen molar-refractivity contribution in [1.82, 2.24) is 0 Å². The topological polar surface area (TPSA) is 3.24 Å². The molecule has 1 heteroatoms. The normalized spacial score (nSPS) is 15.0. The highest BCUT2D eigenvalue weighted by molar-refractivity contribution is 5.93. The van der Waals surface area contributed by atoms with Crippen molar-refractivity contribution in [2.45, 2.75) is 20.3 Å². The van der Waals surface area contributed by atoms with Gasteiger partial charge in [0.2, 0.25) is 0 Å². The SMILES string of the molecule is CCc1ccc(C=CC=C2C=CN(CC)c3ccccc32)c2ccccc12. The molecule has 134 valence electrons. The first-order valence-electron chi connectivity index (χ1n) is 9.75. The summed E-state index contributed by atoms with van der Waals surface area (Å²) in [6, 6.07) is 21.8. The Hall–Kier alpha value is -3.06. The molecule has 0 aromatic heterocycles. The van der Waals surface area contributed by atoms with Crippen LogP contribution in [0.15, 0.2) is 85.1 Å². The van der Waals surface area contributed by atoms with E-state index < -0.39 is 0 Å². The van der Waals surface area contributed by atoms with Gasteiger partial charge in [-0.1, -0.05) is 79.7 Å². The molecule has 1 heterocycles. The highest BCUT2D eigenvalue weighted by Crippen LogP contribution is 2.32. The summed E-state index contributed by atoms with van der Waals surface area (Å²) in [6.07, 6.45) is 12.0. The summed E-state index contributed by atoms with van der Waals surface area (Å²) < 4.78 is 0. The third kappa shape index (κ3) is 3.33. The largest absolute Gasteiger partial charge is 0.348 e. The quantitative estimate of drug-likeness (QED) is 0.496. The molecule has 0 atom stereocenters. The van der Waals surface area contributed by atoms with Crippen LogP contribution in [0.25, 0.3) is 22.4 Å². The maximum Gasteiger partial charge on any atom is 0.0485 e. The molecule has 0 fully saturated rings. The zero-order chi connectivity index (χ0) is 18.6.